The predicted octanol–water partition coefficient (Wildman–Crippen LogP) is 5.97. The number of halogens is 1. The second-order valence-corrected chi connectivity index (χ2v) is 6.58. The average Bonchev–Trinajstić information content (AvgIpc) is 3.27. The Kier molecular flexibility index (Phi) is 3.39. The lowest BCUT2D eigenvalue weighted by Crippen LogP contribution is -2.06. The van der Waals surface area contributed by atoms with Gasteiger partial charge in [-0.3, -0.25) is 0 Å². The third-order valence-corrected chi connectivity index (χ3v) is 4.94. The van der Waals surface area contributed by atoms with Crippen LogP contribution in [-0.4, -0.2) is 9.97 Å². The van der Waals surface area contributed by atoms with Crippen molar-refractivity contribution in [2.75, 3.05) is 0 Å². The molecule has 2 aromatic heterocycles. The van der Waals surface area contributed by atoms with Crippen molar-refractivity contribution in [3.05, 3.63) is 108 Å². The van der Waals surface area contributed by atoms with Crippen molar-refractivity contribution in [1.82, 2.24) is 9.97 Å². The molecule has 0 spiro atoms. The smallest absolute Gasteiger partial charge is 0.127 e. The molecular formula is C23H17FN2. The molecule has 0 saturated heterocycles. The van der Waals surface area contributed by atoms with Crippen molar-refractivity contribution in [2.45, 2.75) is 5.92 Å². The number of H-pyrrole nitrogens is 2. The summed E-state index contributed by atoms with van der Waals surface area (Å²) >= 11 is 0. The Morgan fingerprint density at radius 1 is 0.615 bits per heavy atom. The first-order valence-electron chi connectivity index (χ1n) is 8.69. The molecule has 0 bridgehead atoms. The molecular weight excluding hydrogens is 323 g/mol. The Balaban J connectivity index is 1.76. The molecule has 2 heterocycles. The standard InChI is InChI=1S/C23H17FN2/c24-18-10-4-3-9-17(18)23(21-13-15-7-1-5-11-19(15)25-21)22-14-16-8-2-6-12-20(16)26-22/h1-14,23,25-26H. The normalized spacial score (nSPS) is 11.6. The fourth-order valence-corrected chi connectivity index (χ4v) is 3.71. The molecule has 0 unspecified atom stereocenters. The quantitative estimate of drug-likeness (QED) is 0.405. The average molecular weight is 340 g/mol. The van der Waals surface area contributed by atoms with E-state index in [0.717, 1.165) is 33.2 Å². The largest absolute Gasteiger partial charge is 0.358 e. The number of fused-ring (bicyclic) bond motifs is 2. The molecule has 0 radical (unpaired) electrons. The summed E-state index contributed by atoms with van der Waals surface area (Å²) in [4.78, 5) is 6.96. The lowest BCUT2D eigenvalue weighted by molar-refractivity contribution is 0.604. The monoisotopic (exact) mass is 340 g/mol. The Labute approximate surface area is 150 Å². The maximum absolute atomic E-state index is 14.7. The number of para-hydroxylation sites is 2. The third kappa shape index (κ3) is 2.40. The highest BCUT2D eigenvalue weighted by molar-refractivity contribution is 5.82. The van der Waals surface area contributed by atoms with Crippen LogP contribution in [0.1, 0.15) is 22.9 Å². The van der Waals surface area contributed by atoms with E-state index in [-0.39, 0.29) is 11.7 Å². The van der Waals surface area contributed by atoms with Crippen LogP contribution < -0.4 is 0 Å². The van der Waals surface area contributed by atoms with Crippen LogP contribution in [0.4, 0.5) is 4.39 Å². The summed E-state index contributed by atoms with van der Waals surface area (Å²) in [5.41, 5.74) is 4.72. The van der Waals surface area contributed by atoms with Crippen LogP contribution in [0.25, 0.3) is 21.8 Å². The number of hydrogen-bond donors (Lipinski definition) is 2. The summed E-state index contributed by atoms with van der Waals surface area (Å²) < 4.78 is 14.7. The Hall–Kier alpha value is -3.33. The maximum Gasteiger partial charge on any atom is 0.127 e. The molecule has 0 aliphatic carbocycles. The zero-order chi connectivity index (χ0) is 17.5. The van der Waals surface area contributed by atoms with E-state index in [1.807, 2.05) is 48.5 Å². The van der Waals surface area contributed by atoms with Gasteiger partial charge in [-0.25, -0.2) is 4.39 Å². The van der Waals surface area contributed by atoms with Crippen molar-refractivity contribution < 1.29 is 4.39 Å². The van der Waals surface area contributed by atoms with Gasteiger partial charge >= 0.3 is 0 Å². The van der Waals surface area contributed by atoms with Crippen LogP contribution in [-0.2, 0) is 0 Å². The van der Waals surface area contributed by atoms with E-state index in [9.17, 15) is 4.39 Å². The van der Waals surface area contributed by atoms with Gasteiger partial charge in [-0.15, -0.1) is 0 Å². The molecule has 5 aromatic rings. The minimum atomic E-state index is -0.226. The zero-order valence-corrected chi connectivity index (χ0v) is 14.0. The molecule has 0 fully saturated rings. The number of aromatic nitrogens is 2. The first kappa shape index (κ1) is 15.0. The molecule has 3 heteroatoms. The van der Waals surface area contributed by atoms with Gasteiger partial charge in [0.05, 0.1) is 5.92 Å². The Bertz CT molecular complexity index is 1080. The maximum atomic E-state index is 14.7. The van der Waals surface area contributed by atoms with Gasteiger partial charge in [0.2, 0.25) is 0 Å². The van der Waals surface area contributed by atoms with Crippen LogP contribution in [0.3, 0.4) is 0 Å². The lowest BCUT2D eigenvalue weighted by atomic mass is 9.92. The highest BCUT2D eigenvalue weighted by atomic mass is 19.1. The van der Waals surface area contributed by atoms with E-state index in [0.29, 0.717) is 5.56 Å². The molecule has 2 N–H and O–H groups in total. The summed E-state index contributed by atoms with van der Waals surface area (Å²) in [6, 6.07) is 27.5. The molecule has 0 amide bonds. The predicted molar refractivity (Wildman–Crippen MR) is 104 cm³/mol. The van der Waals surface area contributed by atoms with Gasteiger partial charge in [0, 0.05) is 28.0 Å². The topological polar surface area (TPSA) is 31.6 Å². The second kappa shape index (κ2) is 5.88. The first-order chi connectivity index (χ1) is 12.8. The number of hydrogen-bond acceptors (Lipinski definition) is 0. The molecule has 0 aliphatic rings. The highest BCUT2D eigenvalue weighted by Crippen LogP contribution is 2.35. The summed E-state index contributed by atoms with van der Waals surface area (Å²) in [5.74, 6) is -0.425. The Morgan fingerprint density at radius 3 is 1.65 bits per heavy atom. The molecule has 5 rings (SSSR count). The van der Waals surface area contributed by atoms with Gasteiger partial charge < -0.3 is 9.97 Å². The van der Waals surface area contributed by atoms with Crippen molar-refractivity contribution in [1.29, 1.82) is 0 Å². The van der Waals surface area contributed by atoms with Gasteiger partial charge in [-0.1, -0.05) is 54.6 Å². The minimum Gasteiger partial charge on any atom is -0.358 e. The van der Waals surface area contributed by atoms with Crippen LogP contribution >= 0.6 is 0 Å². The lowest BCUT2D eigenvalue weighted by Gasteiger charge is -2.16. The van der Waals surface area contributed by atoms with Crippen molar-refractivity contribution in [3.63, 3.8) is 0 Å². The molecule has 26 heavy (non-hydrogen) atoms. The zero-order valence-electron chi connectivity index (χ0n) is 14.0. The van der Waals surface area contributed by atoms with Gasteiger partial charge in [0.25, 0.3) is 0 Å². The minimum absolute atomic E-state index is 0.199. The number of nitrogens with one attached hydrogen (secondary N) is 2. The van der Waals surface area contributed by atoms with Gasteiger partial charge in [-0.05, 0) is 41.1 Å². The molecule has 0 saturated carbocycles. The summed E-state index contributed by atoms with van der Waals surface area (Å²) in [5, 5.41) is 2.25. The van der Waals surface area contributed by atoms with E-state index in [4.69, 9.17) is 0 Å². The van der Waals surface area contributed by atoms with Crippen molar-refractivity contribution in [2.24, 2.45) is 0 Å². The van der Waals surface area contributed by atoms with Crippen molar-refractivity contribution in [3.8, 4) is 0 Å². The Morgan fingerprint density at radius 2 is 1.12 bits per heavy atom. The number of rotatable bonds is 3. The molecule has 2 nitrogen and oxygen atoms in total. The summed E-state index contributed by atoms with van der Waals surface area (Å²) in [7, 11) is 0. The van der Waals surface area contributed by atoms with Gasteiger partial charge in [-0.2, -0.15) is 0 Å². The van der Waals surface area contributed by atoms with Crippen molar-refractivity contribution >= 4 is 21.8 Å². The van der Waals surface area contributed by atoms with Gasteiger partial charge in [0.1, 0.15) is 5.82 Å². The van der Waals surface area contributed by atoms with Gasteiger partial charge in [0.15, 0.2) is 0 Å². The molecule has 3 aromatic carbocycles. The number of benzene rings is 3. The SMILES string of the molecule is Fc1ccccc1C(c1cc2ccccc2[nH]1)c1cc2ccccc2[nH]1. The van der Waals surface area contributed by atoms with E-state index < -0.39 is 0 Å². The number of aromatic amines is 2. The van der Waals surface area contributed by atoms with E-state index in [1.54, 1.807) is 6.07 Å². The summed E-state index contributed by atoms with van der Waals surface area (Å²) in [6.07, 6.45) is 0. The second-order valence-electron chi connectivity index (χ2n) is 6.58. The van der Waals surface area contributed by atoms with E-state index in [2.05, 4.69) is 34.2 Å². The van der Waals surface area contributed by atoms with Crippen LogP contribution in [0.5, 0.6) is 0 Å². The fourth-order valence-electron chi connectivity index (χ4n) is 3.71. The van der Waals surface area contributed by atoms with Crippen LogP contribution in [0.2, 0.25) is 0 Å². The molecule has 0 aliphatic heterocycles. The fraction of sp³-hybridized carbons (Fsp3) is 0.0435. The van der Waals surface area contributed by atoms with E-state index in [1.165, 1.54) is 6.07 Å². The molecule has 0 atom stereocenters. The first-order valence-corrected chi connectivity index (χ1v) is 8.69. The molecule has 126 valence electrons. The van der Waals surface area contributed by atoms with Crippen LogP contribution in [0, 0.1) is 5.82 Å². The van der Waals surface area contributed by atoms with Crippen LogP contribution in [0.15, 0.2) is 84.9 Å². The summed E-state index contributed by atoms with van der Waals surface area (Å²) in [6.45, 7) is 0. The highest BCUT2D eigenvalue weighted by Gasteiger charge is 2.23. The van der Waals surface area contributed by atoms with E-state index >= 15 is 0 Å². The third-order valence-electron chi connectivity index (χ3n) is 4.94.